The molecule has 1 aliphatic rings. The number of hydrogen-bond donors (Lipinski definition) is 1. The lowest BCUT2D eigenvalue weighted by molar-refractivity contribution is -0.126. The largest absolute Gasteiger partial charge is 0.368 e. The van der Waals surface area contributed by atoms with E-state index in [9.17, 15) is 4.79 Å². The summed E-state index contributed by atoms with van der Waals surface area (Å²) in [6.45, 7) is 2.63. The third-order valence-electron chi connectivity index (χ3n) is 2.71. The van der Waals surface area contributed by atoms with Gasteiger partial charge < -0.3 is 10.1 Å². The van der Waals surface area contributed by atoms with Crippen LogP contribution in [0.25, 0.3) is 0 Å². The van der Waals surface area contributed by atoms with E-state index in [1.165, 1.54) is 0 Å². The van der Waals surface area contributed by atoms with Crippen molar-refractivity contribution in [3.63, 3.8) is 0 Å². The molecule has 0 radical (unpaired) electrons. The Labute approximate surface area is 113 Å². The predicted molar refractivity (Wildman–Crippen MR) is 69.1 cm³/mol. The maximum Gasteiger partial charge on any atom is 0.253 e. The van der Waals surface area contributed by atoms with E-state index >= 15 is 0 Å². The van der Waals surface area contributed by atoms with E-state index in [0.29, 0.717) is 12.3 Å². The number of anilines is 1. The van der Waals surface area contributed by atoms with Crippen LogP contribution in [0.4, 0.5) is 5.69 Å². The van der Waals surface area contributed by atoms with Crippen molar-refractivity contribution in [2.24, 2.45) is 5.92 Å². The predicted octanol–water partition coefficient (Wildman–Crippen LogP) is 2.86. The fourth-order valence-electron chi connectivity index (χ4n) is 1.74. The minimum atomic E-state index is -0.398. The van der Waals surface area contributed by atoms with Crippen LogP contribution in [-0.4, -0.2) is 23.6 Å². The van der Waals surface area contributed by atoms with Crippen molar-refractivity contribution in [1.82, 2.24) is 4.98 Å². The number of pyridine rings is 1. The molecule has 0 aromatic carbocycles. The average Bonchev–Trinajstić information content (AvgIpc) is 2.70. The Bertz CT molecular complexity index is 441. The number of halogens is 2. The van der Waals surface area contributed by atoms with E-state index in [-0.39, 0.29) is 17.0 Å². The lowest BCUT2D eigenvalue weighted by atomic mass is 10.0. The van der Waals surface area contributed by atoms with Gasteiger partial charge in [0.05, 0.1) is 5.69 Å². The highest BCUT2D eigenvalue weighted by Crippen LogP contribution is 2.25. The first-order valence-electron chi connectivity index (χ1n) is 5.31. The van der Waals surface area contributed by atoms with Crippen LogP contribution < -0.4 is 5.32 Å². The van der Waals surface area contributed by atoms with Gasteiger partial charge in [-0.3, -0.25) is 4.79 Å². The first-order valence-corrected chi connectivity index (χ1v) is 6.48. The summed E-state index contributed by atoms with van der Waals surface area (Å²) in [4.78, 5) is 15.9. The number of carbonyl (C=O) groups is 1. The molecule has 1 amide bonds. The van der Waals surface area contributed by atoms with Crippen LogP contribution in [0.1, 0.15) is 13.3 Å². The number of nitrogens with one attached hydrogen (secondary N) is 1. The molecule has 1 N–H and O–H groups in total. The van der Waals surface area contributed by atoms with Crippen molar-refractivity contribution >= 4 is 39.1 Å². The fourth-order valence-corrected chi connectivity index (χ4v) is 2.23. The first-order chi connectivity index (χ1) is 8.08. The molecule has 1 saturated heterocycles. The average molecular weight is 320 g/mol. The molecule has 1 fully saturated rings. The van der Waals surface area contributed by atoms with Crippen LogP contribution in [-0.2, 0) is 9.53 Å². The summed E-state index contributed by atoms with van der Waals surface area (Å²) in [5.74, 6) is 0.0608. The molecule has 4 nitrogen and oxygen atoms in total. The van der Waals surface area contributed by atoms with Crippen molar-refractivity contribution in [3.05, 3.63) is 21.9 Å². The van der Waals surface area contributed by atoms with Gasteiger partial charge in [-0.1, -0.05) is 18.5 Å². The van der Waals surface area contributed by atoms with Crippen molar-refractivity contribution < 1.29 is 9.53 Å². The fraction of sp³-hybridized carbons (Fsp3) is 0.455. The minimum absolute atomic E-state index is 0.170. The molecule has 1 aromatic rings. The number of nitrogens with zero attached hydrogens (tertiary/aromatic N) is 1. The molecular formula is C11H12BrClN2O2. The summed E-state index contributed by atoms with van der Waals surface area (Å²) in [6, 6.07) is 1.72. The highest BCUT2D eigenvalue weighted by Gasteiger charge is 2.31. The lowest BCUT2D eigenvalue weighted by Crippen LogP contribution is -2.31. The molecule has 0 aliphatic carbocycles. The molecule has 92 valence electrons. The summed E-state index contributed by atoms with van der Waals surface area (Å²) < 4.78 is 6.14. The topological polar surface area (TPSA) is 51.2 Å². The molecule has 0 bridgehead atoms. The second-order valence-corrected chi connectivity index (χ2v) is 5.31. The molecule has 0 saturated carbocycles. The zero-order valence-electron chi connectivity index (χ0n) is 9.24. The number of ether oxygens (including phenoxy) is 1. The molecule has 2 atom stereocenters. The van der Waals surface area contributed by atoms with Gasteiger partial charge in [0, 0.05) is 17.3 Å². The van der Waals surface area contributed by atoms with E-state index in [1.54, 1.807) is 12.3 Å². The number of aromatic nitrogens is 1. The molecule has 0 spiro atoms. The number of hydrogen-bond acceptors (Lipinski definition) is 3. The van der Waals surface area contributed by atoms with E-state index in [1.807, 2.05) is 6.92 Å². The van der Waals surface area contributed by atoms with Crippen LogP contribution in [0, 0.1) is 5.92 Å². The number of rotatable bonds is 2. The van der Waals surface area contributed by atoms with Crippen LogP contribution >= 0.6 is 27.5 Å². The molecule has 6 heteroatoms. The van der Waals surface area contributed by atoms with Gasteiger partial charge in [-0.05, 0) is 34.3 Å². The first kappa shape index (κ1) is 12.8. The van der Waals surface area contributed by atoms with E-state index in [2.05, 4.69) is 26.2 Å². The van der Waals surface area contributed by atoms with Gasteiger partial charge in [0.15, 0.2) is 5.15 Å². The Morgan fingerprint density at radius 1 is 1.71 bits per heavy atom. The maximum atomic E-state index is 12.0. The summed E-state index contributed by atoms with van der Waals surface area (Å²) in [6.07, 6.45) is 2.08. The Morgan fingerprint density at radius 2 is 2.47 bits per heavy atom. The summed E-state index contributed by atoms with van der Waals surface area (Å²) in [5, 5.41) is 3.01. The third kappa shape index (κ3) is 2.97. The van der Waals surface area contributed by atoms with E-state index < -0.39 is 6.10 Å². The minimum Gasteiger partial charge on any atom is -0.368 e. The highest BCUT2D eigenvalue weighted by atomic mass is 79.9. The molecular weight excluding hydrogens is 307 g/mol. The smallest absolute Gasteiger partial charge is 0.253 e. The number of amides is 1. The molecule has 1 aromatic heterocycles. The molecule has 17 heavy (non-hydrogen) atoms. The Balaban J connectivity index is 2.10. The molecule has 2 rings (SSSR count). The normalized spacial score (nSPS) is 23.7. The summed E-state index contributed by atoms with van der Waals surface area (Å²) in [5.41, 5.74) is 0.494. The van der Waals surface area contributed by atoms with Gasteiger partial charge in [-0.2, -0.15) is 0 Å². The highest BCUT2D eigenvalue weighted by molar-refractivity contribution is 9.10. The van der Waals surface area contributed by atoms with Gasteiger partial charge in [0.25, 0.3) is 5.91 Å². The zero-order valence-corrected chi connectivity index (χ0v) is 11.6. The zero-order chi connectivity index (χ0) is 12.4. The van der Waals surface area contributed by atoms with Gasteiger partial charge in [0.2, 0.25) is 0 Å². The van der Waals surface area contributed by atoms with Crippen LogP contribution in [0.15, 0.2) is 16.7 Å². The summed E-state index contributed by atoms with van der Waals surface area (Å²) in [7, 11) is 0. The maximum absolute atomic E-state index is 12.0. The second-order valence-electron chi connectivity index (χ2n) is 4.04. The van der Waals surface area contributed by atoms with Crippen LogP contribution in [0.3, 0.4) is 0 Å². The Kier molecular flexibility index (Phi) is 4.01. The molecule has 1 aliphatic heterocycles. The molecule has 2 unspecified atom stereocenters. The second kappa shape index (κ2) is 5.33. The SMILES string of the molecule is CC1CCOC1C(=O)Nc1cc(Br)cnc1Cl. The number of carbonyl (C=O) groups excluding carboxylic acids is 1. The lowest BCUT2D eigenvalue weighted by Gasteiger charge is -2.14. The van der Waals surface area contributed by atoms with Crippen molar-refractivity contribution in [2.45, 2.75) is 19.4 Å². The quantitative estimate of drug-likeness (QED) is 0.853. The van der Waals surface area contributed by atoms with Crippen molar-refractivity contribution in [2.75, 3.05) is 11.9 Å². The van der Waals surface area contributed by atoms with E-state index in [4.69, 9.17) is 16.3 Å². The van der Waals surface area contributed by atoms with Crippen molar-refractivity contribution in [1.29, 1.82) is 0 Å². The summed E-state index contributed by atoms with van der Waals surface area (Å²) >= 11 is 9.17. The Hall–Kier alpha value is -0.650. The van der Waals surface area contributed by atoms with Crippen molar-refractivity contribution in [3.8, 4) is 0 Å². The van der Waals surface area contributed by atoms with E-state index in [0.717, 1.165) is 10.9 Å². The monoisotopic (exact) mass is 318 g/mol. The van der Waals surface area contributed by atoms with Gasteiger partial charge >= 0.3 is 0 Å². The van der Waals surface area contributed by atoms with Crippen LogP contribution in [0.2, 0.25) is 5.15 Å². The van der Waals surface area contributed by atoms with Gasteiger partial charge in [-0.15, -0.1) is 0 Å². The molecule has 2 heterocycles. The van der Waals surface area contributed by atoms with Gasteiger partial charge in [0.1, 0.15) is 6.10 Å². The Morgan fingerprint density at radius 3 is 3.12 bits per heavy atom. The standard InChI is InChI=1S/C11H12BrClN2O2/c1-6-2-3-17-9(6)11(16)15-8-4-7(12)5-14-10(8)13/h4-6,9H,2-3H2,1H3,(H,15,16). The van der Waals surface area contributed by atoms with Crippen LogP contribution in [0.5, 0.6) is 0 Å². The van der Waals surface area contributed by atoms with Gasteiger partial charge in [-0.25, -0.2) is 4.98 Å². The third-order valence-corrected chi connectivity index (χ3v) is 3.44.